The highest BCUT2D eigenvalue weighted by atomic mass is 35.5. The van der Waals surface area contributed by atoms with Gasteiger partial charge in [-0.1, -0.05) is 67.4 Å². The third-order valence-corrected chi connectivity index (χ3v) is 7.48. The van der Waals surface area contributed by atoms with Crippen LogP contribution in [0.15, 0.2) is 48.8 Å². The highest BCUT2D eigenvalue weighted by molar-refractivity contribution is 6.36. The number of nitrogens with zero attached hydrogens (tertiary/aromatic N) is 5. The number of pyridine rings is 1. The quantitative estimate of drug-likeness (QED) is 0.278. The Bertz CT molecular complexity index is 1610. The minimum atomic E-state index is -1.47. The SMILES string of the molecule is BC(Nc1cc(Cl)c2ncc(C#N)c(NCC(C)(C)C)c2c1)(c1cn(CC2(F)COC2)nn1)c1ccccc1Cl. The Labute approximate surface area is 243 Å². The van der Waals surface area contributed by atoms with Gasteiger partial charge >= 0.3 is 0 Å². The smallest absolute Gasteiger partial charge is 0.176 e. The second kappa shape index (κ2) is 10.5. The Hall–Kier alpha value is -3.39. The van der Waals surface area contributed by atoms with Crippen molar-refractivity contribution in [2.75, 3.05) is 30.4 Å². The number of hydrogen-bond acceptors (Lipinski definition) is 7. The van der Waals surface area contributed by atoms with Crippen LogP contribution in [0.5, 0.6) is 0 Å². The highest BCUT2D eigenvalue weighted by Crippen LogP contribution is 2.38. The second-order valence-electron chi connectivity index (χ2n) is 11.6. The zero-order valence-corrected chi connectivity index (χ0v) is 24.2. The van der Waals surface area contributed by atoms with E-state index in [2.05, 4.69) is 52.8 Å². The molecule has 0 aliphatic carbocycles. The molecule has 0 saturated carbocycles. The number of benzene rings is 2. The summed E-state index contributed by atoms with van der Waals surface area (Å²) in [5.41, 5.74) is 1.12. The van der Waals surface area contributed by atoms with Gasteiger partial charge in [-0.25, -0.2) is 9.07 Å². The first-order valence-electron chi connectivity index (χ1n) is 12.9. The average molecular weight is 580 g/mol. The van der Waals surface area contributed by atoms with Gasteiger partial charge in [-0.05, 0) is 29.2 Å². The van der Waals surface area contributed by atoms with Crippen LogP contribution in [0.4, 0.5) is 15.8 Å². The molecule has 2 aromatic carbocycles. The molecule has 0 spiro atoms. The molecule has 4 aromatic rings. The summed E-state index contributed by atoms with van der Waals surface area (Å²) in [7, 11) is 1.93. The van der Waals surface area contributed by atoms with E-state index in [1.165, 1.54) is 10.9 Å². The molecule has 2 N–H and O–H groups in total. The third-order valence-electron chi connectivity index (χ3n) is 6.87. The molecule has 5 rings (SSSR count). The predicted octanol–water partition coefficient (Wildman–Crippen LogP) is 5.15. The number of aromatic nitrogens is 4. The van der Waals surface area contributed by atoms with Crippen molar-refractivity contribution in [1.82, 2.24) is 20.0 Å². The highest BCUT2D eigenvalue weighted by Gasteiger charge is 2.40. The Morgan fingerprint density at radius 3 is 2.60 bits per heavy atom. The number of nitriles is 1. The number of nitrogens with one attached hydrogen (secondary N) is 2. The van der Waals surface area contributed by atoms with Gasteiger partial charge in [0.2, 0.25) is 0 Å². The van der Waals surface area contributed by atoms with Gasteiger partial charge in [-0.15, -0.1) is 5.10 Å². The van der Waals surface area contributed by atoms with Crippen LogP contribution in [0.3, 0.4) is 0 Å². The van der Waals surface area contributed by atoms with Crippen LogP contribution >= 0.6 is 23.2 Å². The van der Waals surface area contributed by atoms with Crippen molar-refractivity contribution in [3.8, 4) is 6.07 Å². The van der Waals surface area contributed by atoms with Crippen LogP contribution in [0.2, 0.25) is 10.0 Å². The standard InChI is InChI=1S/C28H29BCl2FN7O/c1-26(2,3)13-35-24-17(10-33)11-34-25-19(24)8-18(9-22(25)31)36-28(29,20-6-4-5-7-21(20)30)23-12-39(38-37-23)14-27(32)15-40-16-27/h4-9,11-12,36H,13-16,29H2,1-3H3,(H,34,35). The van der Waals surface area contributed by atoms with Gasteiger partial charge in [0.25, 0.3) is 0 Å². The number of ether oxygens (including phenoxy) is 1. The Morgan fingerprint density at radius 1 is 1.20 bits per heavy atom. The number of anilines is 2. The molecule has 1 fully saturated rings. The summed E-state index contributed by atoms with van der Waals surface area (Å²) in [6.07, 6.45) is 3.24. The fourth-order valence-electron chi connectivity index (χ4n) is 4.70. The minimum Gasteiger partial charge on any atom is -0.383 e. The summed E-state index contributed by atoms with van der Waals surface area (Å²) in [5.74, 6) is 0. The van der Waals surface area contributed by atoms with E-state index >= 15 is 0 Å². The first-order chi connectivity index (χ1) is 18.9. The van der Waals surface area contributed by atoms with Crippen molar-refractivity contribution in [1.29, 1.82) is 5.26 Å². The number of halogens is 3. The van der Waals surface area contributed by atoms with Crippen LogP contribution in [0.1, 0.15) is 37.6 Å². The molecule has 0 amide bonds. The zero-order chi connectivity index (χ0) is 28.7. The number of hydrogen-bond donors (Lipinski definition) is 2. The maximum absolute atomic E-state index is 14.8. The molecule has 1 unspecified atom stereocenters. The normalized spacial score (nSPS) is 16.1. The Balaban J connectivity index is 1.60. The molecule has 12 heteroatoms. The predicted molar refractivity (Wildman–Crippen MR) is 158 cm³/mol. The second-order valence-corrected chi connectivity index (χ2v) is 12.4. The summed E-state index contributed by atoms with van der Waals surface area (Å²) < 4.78 is 21.3. The van der Waals surface area contributed by atoms with Crippen molar-refractivity contribution in [3.05, 3.63) is 75.7 Å². The maximum Gasteiger partial charge on any atom is 0.176 e. The van der Waals surface area contributed by atoms with Gasteiger partial charge in [0.05, 0.1) is 53.2 Å². The molecule has 0 radical (unpaired) electrons. The van der Waals surface area contributed by atoms with Gasteiger partial charge in [-0.2, -0.15) is 5.26 Å². The van der Waals surface area contributed by atoms with Gasteiger partial charge in [-0.3, -0.25) is 4.98 Å². The lowest BCUT2D eigenvalue weighted by atomic mass is 9.69. The Morgan fingerprint density at radius 2 is 1.95 bits per heavy atom. The van der Waals surface area contributed by atoms with E-state index in [9.17, 15) is 9.65 Å². The number of fused-ring (bicyclic) bond motifs is 1. The molecule has 40 heavy (non-hydrogen) atoms. The lowest BCUT2D eigenvalue weighted by molar-refractivity contribution is -0.138. The minimum absolute atomic E-state index is 0.0276. The van der Waals surface area contributed by atoms with E-state index in [-0.39, 0.29) is 25.2 Å². The van der Waals surface area contributed by atoms with Gasteiger partial charge in [0.1, 0.15) is 19.6 Å². The van der Waals surface area contributed by atoms with Crippen LogP contribution < -0.4 is 10.6 Å². The fraction of sp³-hybridized carbons (Fsp3) is 0.357. The third kappa shape index (κ3) is 5.59. The van der Waals surface area contributed by atoms with Gasteiger partial charge in [0.15, 0.2) is 5.67 Å². The molecule has 3 heterocycles. The van der Waals surface area contributed by atoms with E-state index in [1.54, 1.807) is 18.3 Å². The number of rotatable bonds is 8. The number of alkyl halides is 1. The molecule has 1 saturated heterocycles. The van der Waals surface area contributed by atoms with E-state index in [4.69, 9.17) is 27.9 Å². The summed E-state index contributed by atoms with van der Waals surface area (Å²) in [4.78, 5) is 4.46. The molecule has 1 atom stereocenters. The van der Waals surface area contributed by atoms with E-state index < -0.39 is 11.1 Å². The van der Waals surface area contributed by atoms with Crippen LogP contribution in [-0.2, 0) is 16.7 Å². The topological polar surface area (TPSA) is 101 Å². The van der Waals surface area contributed by atoms with E-state index in [0.717, 1.165) is 5.56 Å². The lowest BCUT2D eigenvalue weighted by Crippen LogP contribution is -2.48. The Kier molecular flexibility index (Phi) is 7.42. The molecule has 8 nitrogen and oxygen atoms in total. The van der Waals surface area contributed by atoms with Crippen molar-refractivity contribution in [2.45, 2.75) is 38.4 Å². The van der Waals surface area contributed by atoms with Crippen LogP contribution in [-0.4, -0.2) is 53.3 Å². The van der Waals surface area contributed by atoms with Gasteiger partial charge < -0.3 is 15.4 Å². The van der Waals surface area contributed by atoms with Crippen LogP contribution in [0, 0.1) is 16.7 Å². The monoisotopic (exact) mass is 579 g/mol. The maximum atomic E-state index is 14.8. The summed E-state index contributed by atoms with van der Waals surface area (Å²) in [6.45, 7) is 7.06. The summed E-state index contributed by atoms with van der Waals surface area (Å²) in [5, 5.41) is 27.1. The van der Waals surface area contributed by atoms with Crippen LogP contribution in [0.25, 0.3) is 10.9 Å². The van der Waals surface area contributed by atoms with Crippen molar-refractivity contribution >= 4 is 53.3 Å². The fourth-order valence-corrected chi connectivity index (χ4v) is 5.29. The van der Waals surface area contributed by atoms with Gasteiger partial charge in [0, 0.05) is 28.8 Å². The van der Waals surface area contributed by atoms with Crippen molar-refractivity contribution < 1.29 is 9.13 Å². The molecule has 1 aliphatic heterocycles. The molecule has 206 valence electrons. The molecular weight excluding hydrogens is 551 g/mol. The van der Waals surface area contributed by atoms with E-state index in [0.29, 0.717) is 50.1 Å². The van der Waals surface area contributed by atoms with Crippen molar-refractivity contribution in [2.24, 2.45) is 5.41 Å². The largest absolute Gasteiger partial charge is 0.383 e. The summed E-state index contributed by atoms with van der Waals surface area (Å²) in [6, 6.07) is 13.4. The molecular formula is C28H29BCl2FN7O. The molecule has 1 aliphatic rings. The lowest BCUT2D eigenvalue weighted by Gasteiger charge is -2.33. The zero-order valence-electron chi connectivity index (χ0n) is 22.7. The van der Waals surface area contributed by atoms with E-state index in [1.807, 2.05) is 32.1 Å². The molecule has 0 bridgehead atoms. The summed E-state index contributed by atoms with van der Waals surface area (Å²) >= 11 is 13.4. The average Bonchev–Trinajstić information content (AvgIpc) is 3.35. The first kappa shape index (κ1) is 28.2. The molecule has 2 aromatic heterocycles. The first-order valence-corrected chi connectivity index (χ1v) is 13.6. The van der Waals surface area contributed by atoms with Crippen molar-refractivity contribution in [3.63, 3.8) is 0 Å².